The van der Waals surface area contributed by atoms with Crippen LogP contribution in [0.15, 0.2) is 146 Å². The number of aliphatic carboxylic acids is 2. The molecule has 4 N–H and O–H groups in total. The number of aromatic nitrogens is 4. The van der Waals surface area contributed by atoms with Gasteiger partial charge in [-0.15, -0.1) is 0 Å². The largest absolute Gasteiger partial charge is 1.00 e. The molecule has 0 saturated carbocycles. The van der Waals surface area contributed by atoms with Gasteiger partial charge in [0.25, 0.3) is 0 Å². The third kappa shape index (κ3) is 23.7. The Kier molecular flexibility index (Phi) is 29.0. The van der Waals surface area contributed by atoms with Crippen molar-refractivity contribution in [3.63, 3.8) is 0 Å². The SMILES string of the molecule is COC(=O)CCC(=O)c1ncc(-c2cccc(F)c2)cc1O.COC(=O)CCC(=O)c1ncc(-c2cccc(F)c2)cc1OC(=O)C(C)(C)C.O=C(O)CCC(=O)c1ncc(-c2cccc(F)c2)cc1O.O=C([O-])CCC(=O)c1ncc(-c2cccc(F)c2)cc1O.[Na+]. The predicted molar refractivity (Wildman–Crippen MR) is 320 cm³/mol. The molecule has 0 aliphatic heterocycles. The van der Waals surface area contributed by atoms with E-state index in [2.05, 4.69) is 29.4 Å². The summed E-state index contributed by atoms with van der Waals surface area (Å²) in [6.45, 7) is 5.04. The second kappa shape index (κ2) is 35.9. The molecular weight excluding hydrogens is 1230 g/mol. The molecule has 4 heterocycles. The number of hydrogen-bond donors (Lipinski definition) is 4. The zero-order valence-corrected chi connectivity index (χ0v) is 52.9. The first kappa shape index (κ1) is 75.1. The van der Waals surface area contributed by atoms with Crippen LogP contribution < -0.4 is 39.4 Å². The zero-order chi connectivity index (χ0) is 67.8. The number of halogens is 4. The van der Waals surface area contributed by atoms with Gasteiger partial charge in [0.2, 0.25) is 0 Å². The summed E-state index contributed by atoms with van der Waals surface area (Å²) in [5, 5.41) is 48.4. The number of pyridine rings is 4. The molecule has 0 atom stereocenters. The molecule has 0 saturated heterocycles. The second-order valence-corrected chi connectivity index (χ2v) is 20.6. The van der Waals surface area contributed by atoms with Crippen molar-refractivity contribution in [2.75, 3.05) is 14.2 Å². The summed E-state index contributed by atoms with van der Waals surface area (Å²) in [5.41, 5.74) is 2.58. The van der Waals surface area contributed by atoms with Crippen molar-refractivity contribution in [3.8, 4) is 67.5 Å². The first-order chi connectivity index (χ1) is 43.6. The first-order valence-corrected chi connectivity index (χ1v) is 27.6. The molecule has 8 aromatic rings. The van der Waals surface area contributed by atoms with E-state index >= 15 is 0 Å². The van der Waals surface area contributed by atoms with Crippen LogP contribution in [0.25, 0.3) is 44.5 Å². The fourth-order valence-electron chi connectivity index (χ4n) is 7.84. The van der Waals surface area contributed by atoms with Gasteiger partial charge in [-0.25, -0.2) is 37.5 Å². The van der Waals surface area contributed by atoms with E-state index in [9.17, 15) is 81.1 Å². The third-order valence-electron chi connectivity index (χ3n) is 12.6. The number of methoxy groups -OCH3 is 2. The van der Waals surface area contributed by atoms with Crippen LogP contribution in [0.3, 0.4) is 0 Å². The molecule has 0 spiro atoms. The van der Waals surface area contributed by atoms with Gasteiger partial charge in [-0.3, -0.25) is 38.4 Å². The molecule has 0 amide bonds. The minimum absolute atomic E-state index is 0. The summed E-state index contributed by atoms with van der Waals surface area (Å²) in [6.07, 6.45) is 3.68. The van der Waals surface area contributed by atoms with Gasteiger partial charge in [-0.05, 0) is 122 Å². The van der Waals surface area contributed by atoms with Crippen LogP contribution in [0, 0.1) is 28.7 Å². The number of esters is 3. The summed E-state index contributed by atoms with van der Waals surface area (Å²) in [6, 6.07) is 28.5. The molecule has 93 heavy (non-hydrogen) atoms. The number of ketones is 4. The van der Waals surface area contributed by atoms with E-state index < -0.39 is 88.1 Å². The minimum Gasteiger partial charge on any atom is -0.550 e. The molecule has 8 rings (SSSR count). The number of carboxylic acids is 2. The average Bonchev–Trinajstić information content (AvgIpc) is 0.992. The van der Waals surface area contributed by atoms with Crippen molar-refractivity contribution < 1.29 is 130 Å². The third-order valence-corrected chi connectivity index (χ3v) is 12.6. The number of ether oxygens (including phenoxy) is 3. The fourth-order valence-corrected chi connectivity index (χ4v) is 7.84. The van der Waals surface area contributed by atoms with Gasteiger partial charge in [-0.1, -0.05) is 48.5 Å². The van der Waals surface area contributed by atoms with Crippen molar-refractivity contribution in [2.24, 2.45) is 5.41 Å². The van der Waals surface area contributed by atoms with E-state index in [4.69, 9.17) is 9.84 Å². The molecular formula is C67H59F4N4NaO17. The molecule has 0 unspecified atom stereocenters. The van der Waals surface area contributed by atoms with Crippen molar-refractivity contribution >= 4 is 53.0 Å². The number of carboxylic acid groups (broad SMARTS) is 2. The Morgan fingerprint density at radius 3 is 0.989 bits per heavy atom. The molecule has 0 fully saturated rings. The van der Waals surface area contributed by atoms with E-state index in [1.54, 1.807) is 51.1 Å². The van der Waals surface area contributed by atoms with Gasteiger partial charge >= 0.3 is 53.4 Å². The van der Waals surface area contributed by atoms with Gasteiger partial charge in [0, 0.05) is 78.7 Å². The van der Waals surface area contributed by atoms with Gasteiger partial charge in [0.15, 0.2) is 28.9 Å². The first-order valence-electron chi connectivity index (χ1n) is 27.6. The molecule has 4 aromatic carbocycles. The second-order valence-electron chi connectivity index (χ2n) is 20.6. The number of rotatable bonds is 21. The Labute approximate surface area is 551 Å². The maximum atomic E-state index is 13.5. The molecule has 0 aliphatic rings. The molecule has 0 bridgehead atoms. The van der Waals surface area contributed by atoms with E-state index in [-0.39, 0.29) is 120 Å². The average molecular weight is 1290 g/mol. The van der Waals surface area contributed by atoms with Crippen LogP contribution in [-0.4, -0.2) is 108 Å². The number of aromatic hydroxyl groups is 3. The summed E-state index contributed by atoms with van der Waals surface area (Å²) < 4.78 is 67.4. The standard InChI is InChI=1S/C21H22FNO5.C16H14FNO4.2C15H12FNO4.Na/c1-21(2,3)20(26)28-17-11-14(13-6-5-7-15(22)10-13)12-23-19(17)16(24)8-9-18(25)27-4;1-22-15(21)6-5-13(19)16-14(20)8-11(9-18-16)10-3-2-4-12(17)7-10;2*16-11-3-1-2-9(6-11)10-7-13(19)15(17-8-10)12(18)4-5-14(20)21;/h5-7,10-12H,8-9H2,1-4H3;2-4,7-9,20H,5-6H2,1H3;2*1-3,6-8,19H,4-5H2,(H,20,21);/q;;;;+1/p-1. The number of nitrogens with zero attached hydrogens (tertiary/aromatic N) is 4. The monoisotopic (exact) mass is 1290 g/mol. The van der Waals surface area contributed by atoms with Crippen LogP contribution in [0.5, 0.6) is 23.0 Å². The Bertz CT molecular complexity index is 3930. The molecule has 26 heteroatoms. The maximum Gasteiger partial charge on any atom is 1.00 e. The van der Waals surface area contributed by atoms with Gasteiger partial charge < -0.3 is 44.5 Å². The molecule has 478 valence electrons. The maximum absolute atomic E-state index is 13.5. The molecule has 21 nitrogen and oxygen atoms in total. The fraction of sp³-hybridized carbons (Fsp3) is 0.209. The Hall–Kier alpha value is -10.4. The van der Waals surface area contributed by atoms with Crippen LogP contribution >= 0.6 is 0 Å². The number of benzene rings is 4. The van der Waals surface area contributed by atoms with Gasteiger partial charge in [0.1, 0.15) is 63.3 Å². The molecule has 0 aliphatic carbocycles. The number of carbonyl (C=O) groups is 9. The smallest absolute Gasteiger partial charge is 0.550 e. The summed E-state index contributed by atoms with van der Waals surface area (Å²) in [5.74, 6) is -8.87. The Balaban J connectivity index is 0.000000265. The van der Waals surface area contributed by atoms with Crippen LogP contribution in [0.1, 0.15) is 114 Å². The number of carbonyl (C=O) groups excluding carboxylic acids is 8. The van der Waals surface area contributed by atoms with E-state index in [0.29, 0.717) is 44.5 Å². The topological polar surface area (TPSA) is 337 Å². The predicted octanol–water partition coefficient (Wildman–Crippen LogP) is 7.66. The normalized spacial score (nSPS) is 10.4. The zero-order valence-electron chi connectivity index (χ0n) is 50.9. The van der Waals surface area contributed by atoms with Gasteiger partial charge in [-0.2, -0.15) is 0 Å². The number of Topliss-reactive ketones (excluding diaryl/α,β-unsaturated/α-hetero) is 4. The summed E-state index contributed by atoms with van der Waals surface area (Å²) in [7, 11) is 2.46. The van der Waals surface area contributed by atoms with Crippen LogP contribution in [-0.2, 0) is 33.4 Å². The van der Waals surface area contributed by atoms with Gasteiger partial charge in [0.05, 0.1) is 38.9 Å². The van der Waals surface area contributed by atoms with Crippen molar-refractivity contribution in [2.45, 2.75) is 72.1 Å². The quantitative estimate of drug-likeness (QED) is 0.0232. The van der Waals surface area contributed by atoms with Crippen LogP contribution in [0.4, 0.5) is 17.6 Å². The molecule has 0 radical (unpaired) electrons. The summed E-state index contributed by atoms with van der Waals surface area (Å²) >= 11 is 0. The van der Waals surface area contributed by atoms with Crippen LogP contribution in [0.2, 0.25) is 0 Å². The number of hydrogen-bond acceptors (Lipinski definition) is 20. The van der Waals surface area contributed by atoms with Crippen molar-refractivity contribution in [3.05, 3.63) is 192 Å². The van der Waals surface area contributed by atoms with Crippen molar-refractivity contribution in [1.29, 1.82) is 0 Å². The summed E-state index contributed by atoms with van der Waals surface area (Å²) in [4.78, 5) is 119. The Morgan fingerprint density at radius 2 is 0.710 bits per heavy atom. The van der Waals surface area contributed by atoms with E-state index in [1.807, 2.05) is 0 Å². The minimum atomic E-state index is -1.35. The van der Waals surface area contributed by atoms with E-state index in [1.165, 1.54) is 130 Å². The van der Waals surface area contributed by atoms with Crippen molar-refractivity contribution in [1.82, 2.24) is 19.9 Å². The Morgan fingerprint density at radius 1 is 0.419 bits per heavy atom. The van der Waals surface area contributed by atoms with E-state index in [0.717, 1.165) is 0 Å². The molecule has 4 aromatic heterocycles.